The molecule has 36 heavy (non-hydrogen) atoms. The van der Waals surface area contributed by atoms with Gasteiger partial charge in [0.15, 0.2) is 6.61 Å². The van der Waals surface area contributed by atoms with Gasteiger partial charge in [-0.1, -0.05) is 60.7 Å². The van der Waals surface area contributed by atoms with Crippen molar-refractivity contribution >= 4 is 11.8 Å². The van der Waals surface area contributed by atoms with E-state index >= 15 is 0 Å². The van der Waals surface area contributed by atoms with E-state index in [0.29, 0.717) is 11.5 Å². The van der Waals surface area contributed by atoms with Gasteiger partial charge >= 0.3 is 0 Å². The number of hydrogen-bond acceptors (Lipinski definition) is 3. The highest BCUT2D eigenvalue weighted by Crippen LogP contribution is 2.30. The molecule has 4 rings (SSSR count). The number of benzene rings is 3. The molecule has 0 unspecified atom stereocenters. The molecule has 0 bridgehead atoms. The molecule has 188 valence electrons. The standard InChI is InChI=1S/C31H36N2O3/c1-23(2)32-31(35)27-16-14-24(15-17-27)12-13-25-18-20-33(21-19-25)30(34)22-36-29-11-7-6-10-28(29)26-8-4-3-5-9-26/h3-11,14-17,23,25H,12-13,18-22H2,1-2H3,(H,32,35). The maximum Gasteiger partial charge on any atom is 0.260 e. The summed E-state index contributed by atoms with van der Waals surface area (Å²) in [4.78, 5) is 26.9. The zero-order valence-corrected chi connectivity index (χ0v) is 21.3. The molecule has 5 nitrogen and oxygen atoms in total. The summed E-state index contributed by atoms with van der Waals surface area (Å²) in [5, 5.41) is 2.92. The number of aryl methyl sites for hydroxylation is 1. The summed E-state index contributed by atoms with van der Waals surface area (Å²) in [7, 11) is 0. The Morgan fingerprint density at radius 2 is 1.58 bits per heavy atom. The van der Waals surface area contributed by atoms with Gasteiger partial charge in [-0.2, -0.15) is 0 Å². The van der Waals surface area contributed by atoms with Crippen LogP contribution in [-0.4, -0.2) is 42.5 Å². The molecule has 0 spiro atoms. The lowest BCUT2D eigenvalue weighted by Gasteiger charge is -2.32. The lowest BCUT2D eigenvalue weighted by atomic mass is 9.90. The number of carbonyl (C=O) groups is 2. The SMILES string of the molecule is CC(C)NC(=O)c1ccc(CCC2CCN(C(=O)COc3ccccc3-c3ccccc3)CC2)cc1. The van der Waals surface area contributed by atoms with Crippen LogP contribution < -0.4 is 10.1 Å². The third-order valence-corrected chi connectivity index (χ3v) is 6.77. The van der Waals surface area contributed by atoms with E-state index in [1.807, 2.05) is 85.5 Å². The minimum atomic E-state index is -0.0267. The van der Waals surface area contributed by atoms with E-state index < -0.39 is 0 Å². The molecule has 1 aliphatic heterocycles. The number of carbonyl (C=O) groups excluding carboxylic acids is 2. The van der Waals surface area contributed by atoms with Crippen LogP contribution in [0.15, 0.2) is 78.9 Å². The molecule has 5 heteroatoms. The first-order valence-electron chi connectivity index (χ1n) is 12.9. The van der Waals surface area contributed by atoms with E-state index in [2.05, 4.69) is 17.4 Å². The molecular weight excluding hydrogens is 448 g/mol. The van der Waals surface area contributed by atoms with Crippen LogP contribution in [0, 0.1) is 5.92 Å². The molecule has 3 aromatic carbocycles. The highest BCUT2D eigenvalue weighted by Gasteiger charge is 2.23. The summed E-state index contributed by atoms with van der Waals surface area (Å²) in [6.45, 7) is 5.54. The van der Waals surface area contributed by atoms with Gasteiger partial charge in [0.25, 0.3) is 11.8 Å². The largest absolute Gasteiger partial charge is 0.483 e. The molecule has 1 fully saturated rings. The average Bonchev–Trinajstić information content (AvgIpc) is 2.91. The van der Waals surface area contributed by atoms with E-state index in [1.54, 1.807) is 0 Å². The molecule has 1 heterocycles. The number of piperidine rings is 1. The van der Waals surface area contributed by atoms with Crippen molar-refractivity contribution in [1.82, 2.24) is 10.2 Å². The van der Waals surface area contributed by atoms with Gasteiger partial charge in [0, 0.05) is 30.3 Å². The fourth-order valence-electron chi connectivity index (χ4n) is 4.69. The zero-order valence-electron chi connectivity index (χ0n) is 21.3. The van der Waals surface area contributed by atoms with E-state index in [9.17, 15) is 9.59 Å². The number of nitrogens with zero attached hydrogens (tertiary/aromatic N) is 1. The van der Waals surface area contributed by atoms with Gasteiger partial charge in [-0.3, -0.25) is 9.59 Å². The molecule has 0 aliphatic carbocycles. The van der Waals surface area contributed by atoms with Crippen molar-refractivity contribution in [2.45, 2.75) is 45.6 Å². The Hall–Kier alpha value is -3.60. The van der Waals surface area contributed by atoms with Crippen molar-refractivity contribution in [3.63, 3.8) is 0 Å². The first kappa shape index (κ1) is 25.5. The molecule has 0 aromatic heterocycles. The Morgan fingerprint density at radius 1 is 0.917 bits per heavy atom. The van der Waals surface area contributed by atoms with Crippen molar-refractivity contribution in [3.05, 3.63) is 90.0 Å². The molecule has 1 N–H and O–H groups in total. The number of rotatable bonds is 9. The maximum absolute atomic E-state index is 12.8. The Morgan fingerprint density at radius 3 is 2.28 bits per heavy atom. The Bertz CT molecular complexity index is 1130. The maximum atomic E-state index is 12.8. The van der Waals surface area contributed by atoms with Gasteiger partial charge in [-0.15, -0.1) is 0 Å². The van der Waals surface area contributed by atoms with Crippen molar-refractivity contribution in [3.8, 4) is 16.9 Å². The van der Waals surface area contributed by atoms with Crippen LogP contribution in [-0.2, 0) is 11.2 Å². The van der Waals surface area contributed by atoms with Crippen LogP contribution in [0.1, 0.15) is 49.0 Å². The first-order chi connectivity index (χ1) is 17.5. The van der Waals surface area contributed by atoms with Gasteiger partial charge in [-0.05, 0) is 74.8 Å². The van der Waals surface area contributed by atoms with Crippen molar-refractivity contribution in [2.75, 3.05) is 19.7 Å². The lowest BCUT2D eigenvalue weighted by Crippen LogP contribution is -2.41. The third-order valence-electron chi connectivity index (χ3n) is 6.77. The lowest BCUT2D eigenvalue weighted by molar-refractivity contribution is -0.134. The summed E-state index contributed by atoms with van der Waals surface area (Å²) in [6, 6.07) is 26.0. The number of ether oxygens (including phenoxy) is 1. The monoisotopic (exact) mass is 484 g/mol. The molecule has 0 radical (unpaired) electrons. The Kier molecular flexibility index (Phi) is 8.77. The van der Waals surface area contributed by atoms with E-state index in [-0.39, 0.29) is 24.5 Å². The number of amides is 2. The van der Waals surface area contributed by atoms with Gasteiger partial charge in [0.1, 0.15) is 5.75 Å². The molecule has 3 aromatic rings. The van der Waals surface area contributed by atoms with Crippen molar-refractivity contribution in [1.29, 1.82) is 0 Å². The number of nitrogens with one attached hydrogen (secondary N) is 1. The fraction of sp³-hybridized carbons (Fsp3) is 0.355. The van der Waals surface area contributed by atoms with Crippen molar-refractivity contribution in [2.24, 2.45) is 5.92 Å². The molecule has 1 saturated heterocycles. The number of hydrogen-bond donors (Lipinski definition) is 1. The second-order valence-electron chi connectivity index (χ2n) is 9.84. The average molecular weight is 485 g/mol. The minimum Gasteiger partial charge on any atom is -0.483 e. The highest BCUT2D eigenvalue weighted by molar-refractivity contribution is 5.94. The summed E-state index contributed by atoms with van der Waals surface area (Å²) >= 11 is 0. The molecule has 0 saturated carbocycles. The molecular formula is C31H36N2O3. The summed E-state index contributed by atoms with van der Waals surface area (Å²) in [5.74, 6) is 1.37. The van der Waals surface area contributed by atoms with Crippen LogP contribution in [0.25, 0.3) is 11.1 Å². The quantitative estimate of drug-likeness (QED) is 0.421. The third kappa shape index (κ3) is 6.97. The van der Waals surface area contributed by atoms with Crippen LogP contribution in [0.5, 0.6) is 5.75 Å². The van der Waals surface area contributed by atoms with Crippen LogP contribution in [0.2, 0.25) is 0 Å². The summed E-state index contributed by atoms with van der Waals surface area (Å²) in [5.41, 5.74) is 4.03. The van der Waals surface area contributed by atoms with Crippen molar-refractivity contribution < 1.29 is 14.3 Å². The Labute approximate surface area is 214 Å². The van der Waals surface area contributed by atoms with Gasteiger partial charge < -0.3 is 15.0 Å². The van der Waals surface area contributed by atoms with Gasteiger partial charge in [0.2, 0.25) is 0 Å². The molecule has 2 amide bonds. The Balaban J connectivity index is 1.21. The molecule has 1 aliphatic rings. The van der Waals surface area contributed by atoms with Gasteiger partial charge in [0.05, 0.1) is 0 Å². The van der Waals surface area contributed by atoms with E-state index in [1.165, 1.54) is 5.56 Å². The topological polar surface area (TPSA) is 58.6 Å². The number of likely N-dealkylation sites (tertiary alicyclic amines) is 1. The predicted octanol–water partition coefficient (Wildman–Crippen LogP) is 5.74. The normalized spacial score (nSPS) is 14.0. The van der Waals surface area contributed by atoms with Crippen LogP contribution in [0.3, 0.4) is 0 Å². The highest BCUT2D eigenvalue weighted by atomic mass is 16.5. The minimum absolute atomic E-state index is 0.0267. The fourth-order valence-corrected chi connectivity index (χ4v) is 4.69. The molecule has 0 atom stereocenters. The zero-order chi connectivity index (χ0) is 25.3. The number of para-hydroxylation sites is 1. The summed E-state index contributed by atoms with van der Waals surface area (Å²) in [6.07, 6.45) is 4.12. The second kappa shape index (κ2) is 12.4. The second-order valence-corrected chi connectivity index (χ2v) is 9.84. The predicted molar refractivity (Wildman–Crippen MR) is 144 cm³/mol. The van der Waals surface area contributed by atoms with Crippen LogP contribution in [0.4, 0.5) is 0 Å². The first-order valence-corrected chi connectivity index (χ1v) is 12.9. The smallest absolute Gasteiger partial charge is 0.260 e. The van der Waals surface area contributed by atoms with Crippen LogP contribution >= 0.6 is 0 Å². The summed E-state index contributed by atoms with van der Waals surface area (Å²) < 4.78 is 5.97. The van der Waals surface area contributed by atoms with E-state index in [4.69, 9.17) is 4.74 Å². The van der Waals surface area contributed by atoms with Gasteiger partial charge in [-0.25, -0.2) is 0 Å². The van der Waals surface area contributed by atoms with E-state index in [0.717, 1.165) is 55.6 Å².